The van der Waals surface area contributed by atoms with Crippen molar-refractivity contribution in [2.45, 2.75) is 20.0 Å². The summed E-state index contributed by atoms with van der Waals surface area (Å²) in [4.78, 5) is 14.0. The lowest BCUT2D eigenvalue weighted by Crippen LogP contribution is -2.37. The van der Waals surface area contributed by atoms with Gasteiger partial charge in [0.05, 0.1) is 24.4 Å². The smallest absolute Gasteiger partial charge is 0.257 e. The molecule has 2 rings (SSSR count). The largest absolute Gasteiger partial charge is 0.387 e. The van der Waals surface area contributed by atoms with Gasteiger partial charge in [-0.05, 0) is 23.6 Å². The van der Waals surface area contributed by atoms with E-state index < -0.39 is 6.10 Å². The number of carbonyl (C=O) groups is 1. The summed E-state index contributed by atoms with van der Waals surface area (Å²) in [6, 6.07) is 5.64. The van der Waals surface area contributed by atoms with Crippen LogP contribution in [0.1, 0.15) is 35.9 Å². The van der Waals surface area contributed by atoms with Crippen LogP contribution in [0, 0.1) is 11.7 Å². The first-order valence-electron chi connectivity index (χ1n) is 7.19. The van der Waals surface area contributed by atoms with Gasteiger partial charge in [0.15, 0.2) is 0 Å². The predicted molar refractivity (Wildman–Crippen MR) is 80.7 cm³/mol. The third kappa shape index (κ3) is 4.14. The molecule has 0 spiro atoms. The molecule has 22 heavy (non-hydrogen) atoms. The summed E-state index contributed by atoms with van der Waals surface area (Å²) in [7, 11) is 0. The Labute approximate surface area is 128 Å². The van der Waals surface area contributed by atoms with E-state index in [-0.39, 0.29) is 24.2 Å². The number of carbonyl (C=O) groups excluding carboxylic acids is 1. The molecule has 5 nitrogen and oxygen atoms in total. The van der Waals surface area contributed by atoms with E-state index in [4.69, 9.17) is 0 Å². The number of rotatable bonds is 6. The molecule has 6 heteroatoms. The molecule has 0 aliphatic carbocycles. The summed E-state index contributed by atoms with van der Waals surface area (Å²) in [6.07, 6.45) is 2.12. The lowest BCUT2D eigenvalue weighted by atomic mass is 10.1. The van der Waals surface area contributed by atoms with Gasteiger partial charge in [-0.15, -0.1) is 0 Å². The van der Waals surface area contributed by atoms with Crippen LogP contribution < -0.4 is 0 Å². The van der Waals surface area contributed by atoms with Gasteiger partial charge in [0, 0.05) is 12.7 Å². The Kier molecular flexibility index (Phi) is 5.27. The Bertz CT molecular complexity index is 596. The number of hydrogen-bond donors (Lipinski definition) is 2. The van der Waals surface area contributed by atoms with Crippen molar-refractivity contribution in [1.29, 1.82) is 0 Å². The van der Waals surface area contributed by atoms with Crippen LogP contribution >= 0.6 is 0 Å². The third-order valence-corrected chi connectivity index (χ3v) is 3.27. The highest BCUT2D eigenvalue weighted by molar-refractivity contribution is 5.93. The third-order valence-electron chi connectivity index (χ3n) is 3.27. The molecule has 1 heterocycles. The van der Waals surface area contributed by atoms with Crippen molar-refractivity contribution in [2.24, 2.45) is 5.92 Å². The highest BCUT2D eigenvalue weighted by Gasteiger charge is 2.21. The van der Waals surface area contributed by atoms with Crippen molar-refractivity contribution < 1.29 is 14.3 Å². The molecule has 1 atom stereocenters. The molecule has 0 fully saturated rings. The SMILES string of the molecule is CC(C)CN(CC(O)c1ccc(F)cc1)C(=O)c1cn[nH]c1. The first-order valence-corrected chi connectivity index (χ1v) is 7.19. The van der Waals surface area contributed by atoms with Gasteiger partial charge in [-0.1, -0.05) is 26.0 Å². The monoisotopic (exact) mass is 305 g/mol. The van der Waals surface area contributed by atoms with E-state index in [9.17, 15) is 14.3 Å². The van der Waals surface area contributed by atoms with Crippen LogP contribution in [-0.2, 0) is 0 Å². The molecule has 0 saturated heterocycles. The number of aliphatic hydroxyl groups is 1. The Hall–Kier alpha value is -2.21. The van der Waals surface area contributed by atoms with Crippen LogP contribution in [0.2, 0.25) is 0 Å². The Morgan fingerprint density at radius 3 is 2.55 bits per heavy atom. The zero-order chi connectivity index (χ0) is 16.1. The fraction of sp³-hybridized carbons (Fsp3) is 0.375. The van der Waals surface area contributed by atoms with E-state index in [2.05, 4.69) is 10.2 Å². The predicted octanol–water partition coefficient (Wildman–Crippen LogP) is 2.38. The zero-order valence-electron chi connectivity index (χ0n) is 12.7. The lowest BCUT2D eigenvalue weighted by molar-refractivity contribution is 0.0594. The second kappa shape index (κ2) is 7.17. The van der Waals surface area contributed by atoms with Gasteiger partial charge in [-0.2, -0.15) is 5.10 Å². The van der Waals surface area contributed by atoms with Crippen molar-refractivity contribution >= 4 is 5.91 Å². The second-order valence-corrected chi connectivity index (χ2v) is 5.66. The average molecular weight is 305 g/mol. The Morgan fingerprint density at radius 1 is 1.32 bits per heavy atom. The molecule has 1 aromatic heterocycles. The van der Waals surface area contributed by atoms with E-state index in [0.29, 0.717) is 17.7 Å². The maximum Gasteiger partial charge on any atom is 0.257 e. The van der Waals surface area contributed by atoms with E-state index in [1.165, 1.54) is 36.7 Å². The Morgan fingerprint density at radius 2 is 2.00 bits per heavy atom. The van der Waals surface area contributed by atoms with Crippen LogP contribution in [0.4, 0.5) is 4.39 Å². The van der Waals surface area contributed by atoms with Crippen LogP contribution in [-0.4, -0.2) is 39.2 Å². The molecule has 1 amide bonds. The fourth-order valence-corrected chi connectivity index (χ4v) is 2.23. The summed E-state index contributed by atoms with van der Waals surface area (Å²) >= 11 is 0. The summed E-state index contributed by atoms with van der Waals surface area (Å²) in [5, 5.41) is 16.7. The maximum atomic E-state index is 12.9. The van der Waals surface area contributed by atoms with Crippen LogP contribution in [0.25, 0.3) is 0 Å². The molecular weight excluding hydrogens is 285 g/mol. The quantitative estimate of drug-likeness (QED) is 0.861. The number of hydrogen-bond acceptors (Lipinski definition) is 3. The van der Waals surface area contributed by atoms with Crippen molar-refractivity contribution in [3.8, 4) is 0 Å². The zero-order valence-corrected chi connectivity index (χ0v) is 12.7. The van der Waals surface area contributed by atoms with E-state index in [1.54, 1.807) is 4.90 Å². The number of aromatic nitrogens is 2. The van der Waals surface area contributed by atoms with E-state index >= 15 is 0 Å². The number of nitrogens with zero attached hydrogens (tertiary/aromatic N) is 2. The van der Waals surface area contributed by atoms with Gasteiger partial charge in [0.25, 0.3) is 5.91 Å². The maximum absolute atomic E-state index is 12.9. The van der Waals surface area contributed by atoms with Crippen molar-refractivity contribution in [3.05, 3.63) is 53.6 Å². The lowest BCUT2D eigenvalue weighted by Gasteiger charge is -2.26. The normalized spacial score (nSPS) is 12.4. The van der Waals surface area contributed by atoms with Gasteiger partial charge in [-0.25, -0.2) is 4.39 Å². The number of aliphatic hydroxyl groups excluding tert-OH is 1. The number of halogens is 1. The molecule has 0 bridgehead atoms. The van der Waals surface area contributed by atoms with Gasteiger partial charge in [0.2, 0.25) is 0 Å². The molecule has 0 aliphatic rings. The highest BCUT2D eigenvalue weighted by atomic mass is 19.1. The minimum atomic E-state index is -0.866. The first kappa shape index (κ1) is 16.2. The van der Waals surface area contributed by atoms with Gasteiger partial charge in [0.1, 0.15) is 5.82 Å². The number of benzene rings is 1. The molecule has 2 aromatic rings. The summed E-state index contributed by atoms with van der Waals surface area (Å²) in [5.41, 5.74) is 1.03. The average Bonchev–Trinajstić information content (AvgIpc) is 3.00. The molecular formula is C16H20FN3O2. The highest BCUT2D eigenvalue weighted by Crippen LogP contribution is 2.17. The standard InChI is InChI=1S/C16H20FN3O2/c1-11(2)9-20(16(22)13-7-18-19-8-13)10-15(21)12-3-5-14(17)6-4-12/h3-8,11,15,21H,9-10H2,1-2H3,(H,18,19). The molecule has 0 saturated carbocycles. The van der Waals surface area contributed by atoms with E-state index in [0.717, 1.165) is 0 Å². The van der Waals surface area contributed by atoms with Gasteiger partial charge in [-0.3, -0.25) is 9.89 Å². The van der Waals surface area contributed by atoms with Crippen LogP contribution in [0.3, 0.4) is 0 Å². The fourth-order valence-electron chi connectivity index (χ4n) is 2.23. The minimum Gasteiger partial charge on any atom is -0.387 e. The van der Waals surface area contributed by atoms with Gasteiger partial charge < -0.3 is 10.0 Å². The molecule has 0 aliphatic heterocycles. The number of nitrogens with one attached hydrogen (secondary N) is 1. The molecule has 118 valence electrons. The topological polar surface area (TPSA) is 69.2 Å². The molecule has 1 aromatic carbocycles. The van der Waals surface area contributed by atoms with Crippen LogP contribution in [0.15, 0.2) is 36.7 Å². The first-order chi connectivity index (χ1) is 10.5. The number of amides is 1. The summed E-state index contributed by atoms with van der Waals surface area (Å²) in [6.45, 7) is 4.66. The van der Waals surface area contributed by atoms with Crippen molar-refractivity contribution in [2.75, 3.05) is 13.1 Å². The van der Waals surface area contributed by atoms with Crippen molar-refractivity contribution in [3.63, 3.8) is 0 Å². The molecule has 1 unspecified atom stereocenters. The molecule has 2 N–H and O–H groups in total. The van der Waals surface area contributed by atoms with Crippen LogP contribution in [0.5, 0.6) is 0 Å². The number of H-pyrrole nitrogens is 1. The summed E-state index contributed by atoms with van der Waals surface area (Å²) in [5.74, 6) is -0.288. The molecule has 0 radical (unpaired) electrons. The van der Waals surface area contributed by atoms with Gasteiger partial charge >= 0.3 is 0 Å². The minimum absolute atomic E-state index is 0.147. The number of aromatic amines is 1. The summed E-state index contributed by atoms with van der Waals surface area (Å²) < 4.78 is 12.9. The second-order valence-electron chi connectivity index (χ2n) is 5.66. The Balaban J connectivity index is 2.12. The van der Waals surface area contributed by atoms with E-state index in [1.807, 2.05) is 13.8 Å². The van der Waals surface area contributed by atoms with Crippen molar-refractivity contribution in [1.82, 2.24) is 15.1 Å².